The molecule has 0 bridgehead atoms. The standard InChI is InChI=1S/C12H23N3O2/c1-10-7-14(4-3-13-10)9-12(16)15-5-6-17-11(2)8-15/h10-11,13H,3-9H2,1-2H3/t10-,11?/m0/s1. The van der Waals surface area contributed by atoms with Crippen molar-refractivity contribution in [3.8, 4) is 0 Å². The summed E-state index contributed by atoms with van der Waals surface area (Å²) in [5.74, 6) is 0.245. The topological polar surface area (TPSA) is 44.8 Å². The van der Waals surface area contributed by atoms with Crippen LogP contribution in [-0.4, -0.2) is 73.7 Å². The molecule has 0 spiro atoms. The molecule has 1 amide bonds. The highest BCUT2D eigenvalue weighted by Gasteiger charge is 2.24. The van der Waals surface area contributed by atoms with E-state index in [9.17, 15) is 4.79 Å². The Morgan fingerprint density at radius 2 is 2.18 bits per heavy atom. The highest BCUT2D eigenvalue weighted by Crippen LogP contribution is 2.06. The molecule has 0 radical (unpaired) electrons. The average Bonchev–Trinajstić information content (AvgIpc) is 2.29. The maximum Gasteiger partial charge on any atom is 0.236 e. The smallest absolute Gasteiger partial charge is 0.236 e. The van der Waals surface area contributed by atoms with E-state index in [0.29, 0.717) is 19.2 Å². The summed E-state index contributed by atoms with van der Waals surface area (Å²) in [6.07, 6.45) is 0.176. The second-order valence-electron chi connectivity index (χ2n) is 5.11. The van der Waals surface area contributed by atoms with Crippen LogP contribution in [0, 0.1) is 0 Å². The maximum atomic E-state index is 12.1. The molecular formula is C12H23N3O2. The van der Waals surface area contributed by atoms with Crippen LogP contribution in [-0.2, 0) is 9.53 Å². The number of hydrogen-bond acceptors (Lipinski definition) is 4. The lowest BCUT2D eigenvalue weighted by atomic mass is 10.2. The van der Waals surface area contributed by atoms with Gasteiger partial charge in [0.25, 0.3) is 0 Å². The number of morpholine rings is 1. The number of hydrogen-bond donors (Lipinski definition) is 1. The highest BCUT2D eigenvalue weighted by atomic mass is 16.5. The molecule has 0 aromatic heterocycles. The third-order valence-corrected chi connectivity index (χ3v) is 3.41. The Labute approximate surface area is 103 Å². The Balaban J connectivity index is 1.79. The zero-order valence-corrected chi connectivity index (χ0v) is 10.8. The number of nitrogens with one attached hydrogen (secondary N) is 1. The minimum absolute atomic E-state index is 0.176. The summed E-state index contributed by atoms with van der Waals surface area (Å²) in [4.78, 5) is 16.3. The van der Waals surface area contributed by atoms with Crippen LogP contribution in [0.2, 0.25) is 0 Å². The van der Waals surface area contributed by atoms with Crippen LogP contribution in [0.25, 0.3) is 0 Å². The Hall–Kier alpha value is -0.650. The van der Waals surface area contributed by atoms with E-state index in [0.717, 1.165) is 32.7 Å². The van der Waals surface area contributed by atoms with E-state index in [-0.39, 0.29) is 12.0 Å². The summed E-state index contributed by atoms with van der Waals surface area (Å²) in [5, 5.41) is 3.39. The zero-order valence-electron chi connectivity index (χ0n) is 10.8. The number of carbonyl (C=O) groups excluding carboxylic acids is 1. The van der Waals surface area contributed by atoms with Crippen molar-refractivity contribution in [2.24, 2.45) is 0 Å². The van der Waals surface area contributed by atoms with E-state index in [1.54, 1.807) is 0 Å². The number of ether oxygens (including phenoxy) is 1. The van der Waals surface area contributed by atoms with Gasteiger partial charge in [-0.3, -0.25) is 9.69 Å². The average molecular weight is 241 g/mol. The first kappa shape index (κ1) is 12.8. The molecule has 0 aromatic carbocycles. The van der Waals surface area contributed by atoms with E-state index < -0.39 is 0 Å². The Morgan fingerprint density at radius 1 is 1.35 bits per heavy atom. The van der Waals surface area contributed by atoms with Crippen LogP contribution in [0.4, 0.5) is 0 Å². The van der Waals surface area contributed by atoms with E-state index >= 15 is 0 Å². The van der Waals surface area contributed by atoms with Gasteiger partial charge in [0.1, 0.15) is 0 Å². The summed E-state index contributed by atoms with van der Waals surface area (Å²) in [7, 11) is 0. The fourth-order valence-electron chi connectivity index (χ4n) is 2.49. The van der Waals surface area contributed by atoms with E-state index in [4.69, 9.17) is 4.74 Å². The molecule has 2 heterocycles. The van der Waals surface area contributed by atoms with Crippen LogP contribution in [0.5, 0.6) is 0 Å². The minimum Gasteiger partial charge on any atom is -0.375 e. The molecule has 2 aliphatic rings. The predicted molar refractivity (Wildman–Crippen MR) is 65.9 cm³/mol. The molecule has 5 heteroatoms. The Morgan fingerprint density at radius 3 is 2.88 bits per heavy atom. The summed E-state index contributed by atoms with van der Waals surface area (Å²) in [6, 6.07) is 0.486. The van der Waals surface area contributed by atoms with Crippen LogP contribution in [0.1, 0.15) is 13.8 Å². The largest absolute Gasteiger partial charge is 0.375 e. The minimum atomic E-state index is 0.176. The molecule has 0 aromatic rings. The van der Waals surface area contributed by atoms with Gasteiger partial charge in [0.15, 0.2) is 0 Å². The van der Waals surface area contributed by atoms with Gasteiger partial charge >= 0.3 is 0 Å². The Kier molecular flexibility index (Phi) is 4.36. The lowest BCUT2D eigenvalue weighted by molar-refractivity contribution is -0.139. The SMILES string of the molecule is CC1CN(C(=O)CN2CCN[C@@H](C)C2)CCO1. The summed E-state index contributed by atoms with van der Waals surface area (Å²) < 4.78 is 5.45. The van der Waals surface area contributed by atoms with Crippen LogP contribution < -0.4 is 5.32 Å². The number of carbonyl (C=O) groups is 1. The van der Waals surface area contributed by atoms with Crippen LogP contribution in [0.3, 0.4) is 0 Å². The number of nitrogens with zero attached hydrogens (tertiary/aromatic N) is 2. The predicted octanol–water partition coefficient (Wildman–Crippen LogP) is -0.473. The molecule has 1 unspecified atom stereocenters. The Bertz CT molecular complexity index is 272. The van der Waals surface area contributed by atoms with Gasteiger partial charge in [-0.1, -0.05) is 0 Å². The van der Waals surface area contributed by atoms with Gasteiger partial charge in [-0.05, 0) is 13.8 Å². The van der Waals surface area contributed by atoms with Gasteiger partial charge in [0.05, 0.1) is 19.3 Å². The highest BCUT2D eigenvalue weighted by molar-refractivity contribution is 5.78. The van der Waals surface area contributed by atoms with E-state index in [1.165, 1.54) is 0 Å². The van der Waals surface area contributed by atoms with E-state index in [1.807, 2.05) is 11.8 Å². The molecule has 0 saturated carbocycles. The van der Waals surface area contributed by atoms with Crippen molar-refractivity contribution < 1.29 is 9.53 Å². The van der Waals surface area contributed by atoms with Gasteiger partial charge in [-0.2, -0.15) is 0 Å². The quantitative estimate of drug-likeness (QED) is 0.710. The molecule has 2 aliphatic heterocycles. The van der Waals surface area contributed by atoms with Gasteiger partial charge in [0, 0.05) is 38.8 Å². The van der Waals surface area contributed by atoms with Crippen molar-refractivity contribution >= 4 is 5.91 Å². The van der Waals surface area contributed by atoms with Crippen molar-refractivity contribution in [3.63, 3.8) is 0 Å². The molecule has 5 nitrogen and oxygen atoms in total. The molecule has 2 rings (SSSR count). The molecule has 2 fully saturated rings. The van der Waals surface area contributed by atoms with Crippen molar-refractivity contribution in [1.29, 1.82) is 0 Å². The van der Waals surface area contributed by atoms with Crippen molar-refractivity contribution in [1.82, 2.24) is 15.1 Å². The van der Waals surface area contributed by atoms with Crippen molar-refractivity contribution in [2.75, 3.05) is 45.9 Å². The van der Waals surface area contributed by atoms with Crippen molar-refractivity contribution in [2.45, 2.75) is 26.0 Å². The maximum absolute atomic E-state index is 12.1. The monoisotopic (exact) mass is 241 g/mol. The second-order valence-corrected chi connectivity index (χ2v) is 5.11. The molecule has 2 atom stereocenters. The van der Waals surface area contributed by atoms with E-state index in [2.05, 4.69) is 17.1 Å². The van der Waals surface area contributed by atoms with Crippen LogP contribution in [0.15, 0.2) is 0 Å². The summed E-state index contributed by atoms with van der Waals surface area (Å²) in [6.45, 7) is 9.80. The first-order valence-electron chi connectivity index (χ1n) is 6.50. The first-order valence-corrected chi connectivity index (χ1v) is 6.50. The molecule has 98 valence electrons. The van der Waals surface area contributed by atoms with Gasteiger partial charge < -0.3 is 15.0 Å². The molecule has 17 heavy (non-hydrogen) atoms. The molecular weight excluding hydrogens is 218 g/mol. The third-order valence-electron chi connectivity index (χ3n) is 3.41. The number of rotatable bonds is 2. The first-order chi connectivity index (χ1) is 8.15. The van der Waals surface area contributed by atoms with Gasteiger partial charge in [0.2, 0.25) is 5.91 Å². The fraction of sp³-hybridized carbons (Fsp3) is 0.917. The lowest BCUT2D eigenvalue weighted by Crippen LogP contribution is -2.54. The molecule has 1 N–H and O–H groups in total. The normalized spacial score (nSPS) is 31.5. The summed E-state index contributed by atoms with van der Waals surface area (Å²) in [5.41, 5.74) is 0. The second kappa shape index (κ2) is 5.80. The van der Waals surface area contributed by atoms with Crippen LogP contribution >= 0.6 is 0 Å². The van der Waals surface area contributed by atoms with Crippen molar-refractivity contribution in [3.05, 3.63) is 0 Å². The van der Waals surface area contributed by atoms with Gasteiger partial charge in [-0.15, -0.1) is 0 Å². The molecule has 2 saturated heterocycles. The lowest BCUT2D eigenvalue weighted by Gasteiger charge is -2.35. The fourth-order valence-corrected chi connectivity index (χ4v) is 2.49. The zero-order chi connectivity index (χ0) is 12.3. The summed E-state index contributed by atoms with van der Waals surface area (Å²) >= 11 is 0. The van der Waals surface area contributed by atoms with Gasteiger partial charge in [-0.25, -0.2) is 0 Å². The number of piperazine rings is 1. The molecule has 0 aliphatic carbocycles. The number of amides is 1. The third kappa shape index (κ3) is 3.66.